The first-order valence-corrected chi connectivity index (χ1v) is 10.3. The number of rotatable bonds is 7. The number of amides is 3. The number of hydrogen-bond acceptors (Lipinski definition) is 5. The summed E-state index contributed by atoms with van der Waals surface area (Å²) < 4.78 is 0. The smallest absolute Gasteiger partial charge is 0.328 e. The number of anilines is 1. The standard InChI is InChI=1S/C22H30N6O2/c1-17(29)26-12-14-27(15-13-26)21-9-8-20(25-16-21)7-6-18-2-4-19(5-3-18)10-11-28(24)22(23)30/h2-5,8-9,16H,6-7,10-15,24H2,1H3,(H2,23,30). The van der Waals surface area contributed by atoms with Crippen molar-refractivity contribution in [2.45, 2.75) is 26.2 Å². The minimum Gasteiger partial charge on any atom is -0.367 e. The van der Waals surface area contributed by atoms with E-state index in [2.05, 4.69) is 46.3 Å². The molecule has 1 fully saturated rings. The van der Waals surface area contributed by atoms with Crippen LogP contribution < -0.4 is 16.5 Å². The fourth-order valence-electron chi connectivity index (χ4n) is 3.54. The molecule has 0 spiro atoms. The van der Waals surface area contributed by atoms with Crippen LogP contribution in [0.1, 0.15) is 23.7 Å². The number of nitrogens with zero attached hydrogens (tertiary/aromatic N) is 4. The third-order valence-electron chi connectivity index (χ3n) is 5.52. The van der Waals surface area contributed by atoms with Crippen LogP contribution in [0.4, 0.5) is 10.5 Å². The number of hydrogen-bond donors (Lipinski definition) is 2. The summed E-state index contributed by atoms with van der Waals surface area (Å²) in [4.78, 5) is 31.2. The van der Waals surface area contributed by atoms with Gasteiger partial charge in [-0.1, -0.05) is 24.3 Å². The van der Waals surface area contributed by atoms with Gasteiger partial charge in [0.15, 0.2) is 0 Å². The van der Waals surface area contributed by atoms with Crippen molar-refractivity contribution in [3.05, 3.63) is 59.4 Å². The van der Waals surface area contributed by atoms with Gasteiger partial charge in [-0.2, -0.15) is 0 Å². The second-order valence-corrected chi connectivity index (χ2v) is 7.60. The van der Waals surface area contributed by atoms with Gasteiger partial charge < -0.3 is 15.5 Å². The molecule has 0 unspecified atom stereocenters. The Morgan fingerprint density at radius 1 is 0.967 bits per heavy atom. The molecule has 2 heterocycles. The molecular formula is C22H30N6O2. The number of piperazine rings is 1. The zero-order chi connectivity index (χ0) is 21.5. The second kappa shape index (κ2) is 10.1. The Bertz CT molecular complexity index is 845. The highest BCUT2D eigenvalue weighted by atomic mass is 16.2. The molecule has 3 amide bonds. The Morgan fingerprint density at radius 3 is 2.13 bits per heavy atom. The Labute approximate surface area is 177 Å². The largest absolute Gasteiger partial charge is 0.367 e. The fraction of sp³-hybridized carbons (Fsp3) is 0.409. The minimum atomic E-state index is -0.622. The normalized spacial score (nSPS) is 13.9. The molecule has 4 N–H and O–H groups in total. The maximum atomic E-state index is 11.4. The lowest BCUT2D eigenvalue weighted by molar-refractivity contribution is -0.129. The predicted molar refractivity (Wildman–Crippen MR) is 117 cm³/mol. The highest BCUT2D eigenvalue weighted by Crippen LogP contribution is 2.17. The van der Waals surface area contributed by atoms with Gasteiger partial charge in [-0.05, 0) is 42.5 Å². The number of aryl methyl sites for hydroxylation is 2. The van der Waals surface area contributed by atoms with Gasteiger partial charge in [-0.3, -0.25) is 14.8 Å². The number of benzene rings is 1. The number of pyridine rings is 1. The van der Waals surface area contributed by atoms with E-state index in [4.69, 9.17) is 11.6 Å². The molecule has 1 saturated heterocycles. The van der Waals surface area contributed by atoms with Crippen LogP contribution in [0.3, 0.4) is 0 Å². The van der Waals surface area contributed by atoms with E-state index in [-0.39, 0.29) is 5.91 Å². The first-order valence-electron chi connectivity index (χ1n) is 10.3. The molecule has 0 bridgehead atoms. The zero-order valence-corrected chi connectivity index (χ0v) is 17.5. The molecule has 8 nitrogen and oxygen atoms in total. The number of urea groups is 1. The Balaban J connectivity index is 1.46. The number of nitrogens with two attached hydrogens (primary N) is 2. The van der Waals surface area contributed by atoms with Gasteiger partial charge in [0.05, 0.1) is 11.9 Å². The number of carbonyl (C=O) groups excluding carboxylic acids is 2. The van der Waals surface area contributed by atoms with Crippen molar-refractivity contribution in [3.8, 4) is 0 Å². The van der Waals surface area contributed by atoms with Gasteiger partial charge in [0, 0.05) is 45.3 Å². The van der Waals surface area contributed by atoms with Crippen LogP contribution in [0, 0.1) is 0 Å². The highest BCUT2D eigenvalue weighted by molar-refractivity contribution is 5.73. The first kappa shape index (κ1) is 21.6. The van der Waals surface area contributed by atoms with E-state index >= 15 is 0 Å². The summed E-state index contributed by atoms with van der Waals surface area (Å²) in [5, 5.41) is 1.02. The van der Waals surface area contributed by atoms with E-state index in [1.807, 2.05) is 11.1 Å². The first-order chi connectivity index (χ1) is 14.4. The number of hydrazine groups is 1. The lowest BCUT2D eigenvalue weighted by atomic mass is 10.0. The van der Waals surface area contributed by atoms with Crippen molar-refractivity contribution < 1.29 is 9.59 Å². The molecule has 1 aromatic carbocycles. The van der Waals surface area contributed by atoms with Crippen LogP contribution in [0.15, 0.2) is 42.6 Å². The number of aromatic nitrogens is 1. The second-order valence-electron chi connectivity index (χ2n) is 7.60. The molecule has 0 saturated carbocycles. The third kappa shape index (κ3) is 5.93. The molecule has 8 heteroatoms. The van der Waals surface area contributed by atoms with Crippen molar-refractivity contribution in [2.75, 3.05) is 37.6 Å². The summed E-state index contributed by atoms with van der Waals surface area (Å²) >= 11 is 0. The average Bonchev–Trinajstić information content (AvgIpc) is 2.77. The number of primary amides is 1. The molecule has 3 rings (SSSR count). The lowest BCUT2D eigenvalue weighted by Gasteiger charge is -2.35. The molecule has 0 atom stereocenters. The van der Waals surface area contributed by atoms with Crippen molar-refractivity contribution in [1.29, 1.82) is 0 Å². The highest BCUT2D eigenvalue weighted by Gasteiger charge is 2.18. The Hall–Kier alpha value is -3.13. The number of carbonyl (C=O) groups is 2. The summed E-state index contributed by atoms with van der Waals surface area (Å²) in [5.41, 5.74) is 9.65. The summed E-state index contributed by atoms with van der Waals surface area (Å²) in [6, 6.07) is 11.9. The fourth-order valence-corrected chi connectivity index (χ4v) is 3.54. The van der Waals surface area contributed by atoms with Gasteiger partial charge in [-0.25, -0.2) is 10.6 Å². The topological polar surface area (TPSA) is 109 Å². The quantitative estimate of drug-likeness (QED) is 0.407. The SMILES string of the molecule is CC(=O)N1CCN(c2ccc(CCc3ccc(CCN(N)C(N)=O)cc3)nc2)CC1. The monoisotopic (exact) mass is 410 g/mol. The van der Waals surface area contributed by atoms with Crippen LogP contribution in [0.5, 0.6) is 0 Å². The van der Waals surface area contributed by atoms with Crippen LogP contribution in [0.25, 0.3) is 0 Å². The van der Waals surface area contributed by atoms with Gasteiger partial charge >= 0.3 is 6.03 Å². The van der Waals surface area contributed by atoms with E-state index in [1.165, 1.54) is 5.56 Å². The Morgan fingerprint density at radius 2 is 1.60 bits per heavy atom. The Kier molecular flexibility index (Phi) is 7.24. The zero-order valence-electron chi connectivity index (χ0n) is 17.5. The molecule has 1 aliphatic rings. The van der Waals surface area contributed by atoms with Crippen molar-refractivity contribution in [2.24, 2.45) is 11.6 Å². The van der Waals surface area contributed by atoms with Crippen molar-refractivity contribution >= 4 is 17.6 Å². The van der Waals surface area contributed by atoms with Crippen molar-refractivity contribution in [1.82, 2.24) is 14.9 Å². The van der Waals surface area contributed by atoms with E-state index in [0.29, 0.717) is 13.0 Å². The maximum absolute atomic E-state index is 11.4. The van der Waals surface area contributed by atoms with E-state index in [1.54, 1.807) is 6.92 Å². The average molecular weight is 411 g/mol. The third-order valence-corrected chi connectivity index (χ3v) is 5.52. The van der Waals surface area contributed by atoms with E-state index in [9.17, 15) is 9.59 Å². The molecule has 0 aliphatic carbocycles. The van der Waals surface area contributed by atoms with Crippen molar-refractivity contribution in [3.63, 3.8) is 0 Å². The van der Waals surface area contributed by atoms with Crippen LogP contribution in [-0.2, 0) is 24.1 Å². The molecule has 1 aromatic heterocycles. The molecule has 1 aliphatic heterocycles. The minimum absolute atomic E-state index is 0.142. The molecule has 30 heavy (non-hydrogen) atoms. The van der Waals surface area contributed by atoms with Gasteiger partial charge in [0.2, 0.25) is 5.91 Å². The van der Waals surface area contributed by atoms with Crippen LogP contribution in [0.2, 0.25) is 0 Å². The summed E-state index contributed by atoms with van der Waals surface area (Å²) in [6.07, 6.45) is 4.38. The maximum Gasteiger partial charge on any atom is 0.328 e. The summed E-state index contributed by atoms with van der Waals surface area (Å²) in [5.74, 6) is 5.66. The van der Waals surface area contributed by atoms with E-state index in [0.717, 1.165) is 61.0 Å². The van der Waals surface area contributed by atoms with Gasteiger partial charge in [-0.15, -0.1) is 0 Å². The van der Waals surface area contributed by atoms with Crippen LogP contribution in [-0.4, -0.2) is 59.6 Å². The molecule has 2 aromatic rings. The predicted octanol–water partition coefficient (Wildman–Crippen LogP) is 1.33. The lowest BCUT2D eigenvalue weighted by Crippen LogP contribution is -2.48. The van der Waals surface area contributed by atoms with Gasteiger partial charge in [0.1, 0.15) is 0 Å². The van der Waals surface area contributed by atoms with Gasteiger partial charge in [0.25, 0.3) is 0 Å². The molecule has 160 valence electrons. The van der Waals surface area contributed by atoms with E-state index < -0.39 is 6.03 Å². The molecular weight excluding hydrogens is 380 g/mol. The summed E-state index contributed by atoms with van der Waals surface area (Å²) in [6.45, 7) is 5.23. The summed E-state index contributed by atoms with van der Waals surface area (Å²) in [7, 11) is 0. The van der Waals surface area contributed by atoms with Crippen LogP contribution >= 0.6 is 0 Å². The molecule has 0 radical (unpaired) electrons.